The first-order valence-corrected chi connectivity index (χ1v) is 16.1. The number of benzene rings is 3. The van der Waals surface area contributed by atoms with E-state index in [0.717, 1.165) is 34.1 Å². The quantitative estimate of drug-likeness (QED) is 0.184. The van der Waals surface area contributed by atoms with Gasteiger partial charge in [0, 0.05) is 17.5 Å². The normalized spacial score (nSPS) is 29.0. The molecule has 4 aliphatic rings. The van der Waals surface area contributed by atoms with Gasteiger partial charge in [0.2, 0.25) is 11.8 Å². The number of fused-ring (bicyclic) bond motifs is 4. The van der Waals surface area contributed by atoms with Crippen molar-refractivity contribution in [1.29, 1.82) is 0 Å². The van der Waals surface area contributed by atoms with E-state index in [1.807, 2.05) is 0 Å². The number of para-hydroxylation sites is 1. The number of aliphatic hydroxyl groups is 1. The highest BCUT2D eigenvalue weighted by molar-refractivity contribution is 6.58. The Labute approximate surface area is 288 Å². The van der Waals surface area contributed by atoms with Gasteiger partial charge in [0.15, 0.2) is 9.75 Å². The molecule has 3 aromatic carbocycles. The van der Waals surface area contributed by atoms with Crippen molar-refractivity contribution in [3.05, 3.63) is 95.3 Å². The lowest BCUT2D eigenvalue weighted by Crippen LogP contribution is -2.60. The Balaban J connectivity index is 1.38. The number of carboxylic acid groups (broad SMARTS) is 1. The van der Waals surface area contributed by atoms with E-state index in [1.165, 1.54) is 18.2 Å². The van der Waals surface area contributed by atoms with E-state index in [2.05, 4.69) is 0 Å². The van der Waals surface area contributed by atoms with E-state index in [1.54, 1.807) is 30.3 Å². The summed E-state index contributed by atoms with van der Waals surface area (Å²) in [7, 11) is 0. The van der Waals surface area contributed by atoms with E-state index >= 15 is 0 Å². The molecule has 6 atom stereocenters. The molecule has 252 valence electrons. The number of amides is 4. The first-order valence-electron chi connectivity index (χ1n) is 15.3. The second-order valence-corrected chi connectivity index (χ2v) is 13.6. The Morgan fingerprint density at radius 2 is 1.61 bits per heavy atom. The smallest absolute Gasteiger partial charge is 0.339 e. The van der Waals surface area contributed by atoms with Crippen molar-refractivity contribution in [2.45, 2.75) is 28.5 Å². The number of carboxylic acids is 1. The number of allylic oxidation sites excluding steroid dienone is 2. The van der Waals surface area contributed by atoms with Crippen molar-refractivity contribution < 1.29 is 48.4 Å². The molecule has 2 saturated heterocycles. The molecule has 7 rings (SSSR count). The van der Waals surface area contributed by atoms with E-state index in [4.69, 9.17) is 27.9 Å². The highest BCUT2D eigenvalue weighted by atomic mass is 35.5. The van der Waals surface area contributed by atoms with Gasteiger partial charge < -0.3 is 20.1 Å². The fraction of sp³-hybridized carbons (Fsp3) is 0.286. The molecular formula is C35H27Cl2FN2O9. The Morgan fingerprint density at radius 3 is 2.29 bits per heavy atom. The van der Waals surface area contributed by atoms with Crippen molar-refractivity contribution in [3.8, 4) is 11.5 Å². The van der Waals surface area contributed by atoms with E-state index in [9.17, 15) is 43.7 Å². The second kappa shape index (κ2) is 11.7. The molecule has 2 aliphatic carbocycles. The van der Waals surface area contributed by atoms with Gasteiger partial charge in [-0.3, -0.25) is 19.2 Å². The van der Waals surface area contributed by atoms with Gasteiger partial charge in [0.05, 0.1) is 29.8 Å². The lowest BCUT2D eigenvalue weighted by Gasteiger charge is -2.50. The number of carbonyl (C=O) groups excluding carboxylic acids is 4. The number of aliphatic hydroxyl groups excluding tert-OH is 1. The molecule has 4 amide bonds. The predicted molar refractivity (Wildman–Crippen MR) is 173 cm³/mol. The maximum atomic E-state index is 14.5. The molecule has 14 heteroatoms. The molecule has 0 radical (unpaired) electrons. The van der Waals surface area contributed by atoms with Crippen LogP contribution in [0.3, 0.4) is 0 Å². The highest BCUT2D eigenvalue weighted by Gasteiger charge is 2.77. The van der Waals surface area contributed by atoms with Crippen molar-refractivity contribution in [1.82, 2.24) is 0 Å². The Bertz CT molecular complexity index is 1990. The molecule has 0 bridgehead atoms. The summed E-state index contributed by atoms with van der Waals surface area (Å²) < 4.78 is 19.7. The molecule has 2 aliphatic heterocycles. The zero-order valence-electron chi connectivity index (χ0n) is 25.4. The Morgan fingerprint density at radius 1 is 0.918 bits per heavy atom. The van der Waals surface area contributed by atoms with Crippen molar-refractivity contribution >= 4 is 64.2 Å². The minimum absolute atomic E-state index is 0.0344. The second-order valence-electron chi connectivity index (χ2n) is 12.4. The number of carbonyl (C=O) groups is 5. The summed E-state index contributed by atoms with van der Waals surface area (Å²) in [5.41, 5.74) is 0.425. The standard InChI is InChI=1S/C35H27Cl2FN2O9/c36-34-16-24-20(11-12-23-27(24)30(44)39(29(23)43)19-9-10-21(31(45)46)25(42)15-19)28(22-3-1-2-4-26(22)49-14-13-41)35(34,37)33(48)40(32(34)47)18-7-5-17(38)6-8-18/h1-11,15,23-24,27-28,41-42H,12-14,16H2,(H,45,46)/t23-,24+,27-,28+,34+,35-/m0/s1. The van der Waals surface area contributed by atoms with Crippen LogP contribution in [0.15, 0.2) is 78.4 Å². The molecule has 0 aromatic heterocycles. The molecule has 3 fully saturated rings. The molecule has 0 unspecified atom stereocenters. The van der Waals surface area contributed by atoms with Crippen LogP contribution >= 0.6 is 23.2 Å². The summed E-state index contributed by atoms with van der Waals surface area (Å²) in [6, 6.07) is 14.6. The van der Waals surface area contributed by atoms with Crippen LogP contribution in [0.1, 0.15) is 34.7 Å². The summed E-state index contributed by atoms with van der Waals surface area (Å²) >= 11 is 14.8. The number of anilines is 2. The van der Waals surface area contributed by atoms with Crippen LogP contribution in [0.4, 0.5) is 15.8 Å². The molecule has 3 aromatic rings. The third kappa shape index (κ3) is 4.61. The van der Waals surface area contributed by atoms with Gasteiger partial charge >= 0.3 is 5.97 Å². The number of halogens is 3. The predicted octanol–water partition coefficient (Wildman–Crippen LogP) is 4.37. The number of nitrogens with zero attached hydrogens (tertiary/aromatic N) is 2. The lowest BCUT2D eigenvalue weighted by atomic mass is 9.56. The third-order valence-corrected chi connectivity index (χ3v) is 11.4. The number of hydrogen-bond acceptors (Lipinski definition) is 8. The van der Waals surface area contributed by atoms with Crippen LogP contribution in [0.2, 0.25) is 0 Å². The van der Waals surface area contributed by atoms with Crippen molar-refractivity contribution in [2.75, 3.05) is 23.0 Å². The van der Waals surface area contributed by atoms with Crippen molar-refractivity contribution in [3.63, 3.8) is 0 Å². The van der Waals surface area contributed by atoms with Gasteiger partial charge in [-0.25, -0.2) is 19.0 Å². The number of alkyl halides is 2. The highest BCUT2D eigenvalue weighted by Crippen LogP contribution is 2.66. The monoisotopic (exact) mass is 708 g/mol. The Kier molecular flexibility index (Phi) is 7.81. The van der Waals surface area contributed by atoms with Gasteiger partial charge in [-0.15, -0.1) is 23.2 Å². The first-order chi connectivity index (χ1) is 23.3. The van der Waals surface area contributed by atoms with Crippen LogP contribution in [-0.4, -0.2) is 67.9 Å². The van der Waals surface area contributed by atoms with E-state index in [-0.39, 0.29) is 43.2 Å². The number of phenols is 1. The maximum Gasteiger partial charge on any atom is 0.339 e. The first kappa shape index (κ1) is 32.8. The van der Waals surface area contributed by atoms with Crippen LogP contribution in [-0.2, 0) is 19.2 Å². The average molecular weight is 710 g/mol. The maximum absolute atomic E-state index is 14.5. The molecule has 49 heavy (non-hydrogen) atoms. The SMILES string of the molecule is O=C(O)c1ccc(N2C(=O)[C@H]3[C@H](CC=C4[C@H]3C[C@@]3(Cl)C(=O)N(c5ccc(F)cc5)C(=O)[C@@]3(Cl)[C@H]4c3ccccc3OCCO)C2=O)cc1O. The number of rotatable bonds is 7. The summed E-state index contributed by atoms with van der Waals surface area (Å²) in [6.45, 7) is -0.437. The molecule has 1 saturated carbocycles. The van der Waals surface area contributed by atoms with Crippen LogP contribution in [0, 0.1) is 23.6 Å². The fourth-order valence-corrected chi connectivity index (χ4v) is 8.77. The van der Waals surface area contributed by atoms with E-state index in [0.29, 0.717) is 11.1 Å². The van der Waals surface area contributed by atoms with Gasteiger partial charge in [-0.05, 0) is 61.2 Å². The minimum atomic E-state index is -2.18. The zero-order chi connectivity index (χ0) is 35.0. The number of hydrogen-bond donors (Lipinski definition) is 3. The average Bonchev–Trinajstić information content (AvgIpc) is 3.42. The minimum Gasteiger partial charge on any atom is -0.507 e. The van der Waals surface area contributed by atoms with Crippen molar-refractivity contribution in [2.24, 2.45) is 17.8 Å². The zero-order valence-corrected chi connectivity index (χ0v) is 26.9. The summed E-state index contributed by atoms with van der Waals surface area (Å²) in [5, 5.41) is 29.2. The molecule has 2 heterocycles. The van der Waals surface area contributed by atoms with Gasteiger partial charge in [0.1, 0.15) is 29.5 Å². The van der Waals surface area contributed by atoms with Gasteiger partial charge in [-0.2, -0.15) is 0 Å². The van der Waals surface area contributed by atoms with Crippen LogP contribution in [0.25, 0.3) is 0 Å². The molecular weight excluding hydrogens is 682 g/mol. The molecule has 11 nitrogen and oxygen atoms in total. The Hall–Kier alpha value is -4.78. The van der Waals surface area contributed by atoms with Crippen LogP contribution in [0.5, 0.6) is 11.5 Å². The van der Waals surface area contributed by atoms with E-state index < -0.39 is 80.1 Å². The lowest BCUT2D eigenvalue weighted by molar-refractivity contribution is -0.125. The number of aromatic carboxylic acids is 1. The number of imide groups is 2. The topological polar surface area (TPSA) is 162 Å². The summed E-state index contributed by atoms with van der Waals surface area (Å²) in [4.78, 5) is 65.9. The molecule has 3 N–H and O–H groups in total. The largest absolute Gasteiger partial charge is 0.507 e. The summed E-state index contributed by atoms with van der Waals surface area (Å²) in [6.07, 6.45) is 1.47. The number of ether oxygens (including phenoxy) is 1. The summed E-state index contributed by atoms with van der Waals surface area (Å²) in [5.74, 6) is -9.44. The number of aromatic hydroxyl groups is 1. The van der Waals surface area contributed by atoms with Gasteiger partial charge in [-0.1, -0.05) is 29.8 Å². The van der Waals surface area contributed by atoms with Crippen LogP contribution < -0.4 is 14.5 Å². The van der Waals surface area contributed by atoms with Gasteiger partial charge in [0.25, 0.3) is 11.8 Å². The molecule has 0 spiro atoms. The third-order valence-electron chi connectivity index (χ3n) is 9.94. The fourth-order valence-electron chi connectivity index (χ4n) is 7.84.